The van der Waals surface area contributed by atoms with Crippen molar-refractivity contribution in [3.05, 3.63) is 66.2 Å². The SMILES string of the molecule is COc1ccc2[nH]c(-c3ccc4ccccc4c3)c(C(=O)C(=O)N(C)C)c2c1. The number of benzene rings is 3. The summed E-state index contributed by atoms with van der Waals surface area (Å²) in [7, 11) is 4.72. The minimum Gasteiger partial charge on any atom is -0.497 e. The van der Waals surface area contributed by atoms with Gasteiger partial charge >= 0.3 is 0 Å². The van der Waals surface area contributed by atoms with Gasteiger partial charge in [-0.1, -0.05) is 36.4 Å². The number of nitrogens with one attached hydrogen (secondary N) is 1. The molecular weight excluding hydrogens is 352 g/mol. The minimum absolute atomic E-state index is 0.364. The molecule has 28 heavy (non-hydrogen) atoms. The van der Waals surface area contributed by atoms with E-state index >= 15 is 0 Å². The first-order chi connectivity index (χ1) is 13.5. The van der Waals surface area contributed by atoms with E-state index in [1.165, 1.54) is 4.90 Å². The van der Waals surface area contributed by atoms with Gasteiger partial charge in [-0.05, 0) is 40.6 Å². The maximum atomic E-state index is 13.1. The van der Waals surface area contributed by atoms with Crippen LogP contribution in [0.5, 0.6) is 5.75 Å². The lowest BCUT2D eigenvalue weighted by Gasteiger charge is -2.10. The minimum atomic E-state index is -0.564. The summed E-state index contributed by atoms with van der Waals surface area (Å²) in [5.41, 5.74) is 2.62. The van der Waals surface area contributed by atoms with Crippen LogP contribution in [0.4, 0.5) is 0 Å². The number of ketones is 1. The standard InChI is InChI=1S/C23H20N2O3/c1-25(2)23(27)22(26)20-18-13-17(28-3)10-11-19(18)24-21(20)16-9-8-14-6-4-5-7-15(14)12-16/h4-13,24H,1-3H3. The molecule has 0 radical (unpaired) electrons. The van der Waals surface area contributed by atoms with Crippen molar-refractivity contribution in [3.8, 4) is 17.0 Å². The number of nitrogens with zero attached hydrogens (tertiary/aromatic N) is 1. The zero-order valence-electron chi connectivity index (χ0n) is 15.9. The fraction of sp³-hybridized carbons (Fsp3) is 0.130. The number of aromatic nitrogens is 1. The average Bonchev–Trinajstić information content (AvgIpc) is 3.10. The second-order valence-electron chi connectivity index (χ2n) is 6.88. The quantitative estimate of drug-likeness (QED) is 0.430. The number of H-pyrrole nitrogens is 1. The van der Waals surface area contributed by atoms with Gasteiger partial charge in [0.15, 0.2) is 0 Å². The van der Waals surface area contributed by atoms with Crippen molar-refractivity contribution in [2.24, 2.45) is 0 Å². The summed E-state index contributed by atoms with van der Waals surface area (Å²) >= 11 is 0. The number of rotatable bonds is 4. The van der Waals surface area contributed by atoms with E-state index < -0.39 is 11.7 Å². The van der Waals surface area contributed by atoms with E-state index in [0.29, 0.717) is 22.4 Å². The van der Waals surface area contributed by atoms with Crippen LogP contribution in [0, 0.1) is 0 Å². The Morgan fingerprint density at radius 3 is 2.39 bits per heavy atom. The van der Waals surface area contributed by atoms with Gasteiger partial charge in [0.05, 0.1) is 18.4 Å². The molecule has 4 rings (SSSR count). The summed E-state index contributed by atoms with van der Waals surface area (Å²) < 4.78 is 5.32. The van der Waals surface area contributed by atoms with Gasteiger partial charge < -0.3 is 14.6 Å². The Morgan fingerprint density at radius 2 is 1.68 bits per heavy atom. The number of amides is 1. The molecule has 0 aliphatic carbocycles. The van der Waals surface area contributed by atoms with Gasteiger partial charge in [-0.25, -0.2) is 0 Å². The van der Waals surface area contributed by atoms with Crippen LogP contribution in [0.15, 0.2) is 60.7 Å². The summed E-state index contributed by atoms with van der Waals surface area (Å²) in [5.74, 6) is -0.485. The highest BCUT2D eigenvalue weighted by molar-refractivity contribution is 6.46. The molecule has 3 aromatic carbocycles. The third-order valence-corrected chi connectivity index (χ3v) is 4.87. The van der Waals surface area contributed by atoms with Crippen molar-refractivity contribution in [3.63, 3.8) is 0 Å². The molecule has 1 N–H and O–H groups in total. The molecule has 0 spiro atoms. The van der Waals surface area contributed by atoms with Gasteiger partial charge in [-0.15, -0.1) is 0 Å². The fourth-order valence-electron chi connectivity index (χ4n) is 3.41. The number of Topliss-reactive ketones (excluding diaryl/α,β-unsaturated/α-hetero) is 1. The van der Waals surface area contributed by atoms with Crippen LogP contribution < -0.4 is 4.74 Å². The molecule has 5 heteroatoms. The van der Waals surface area contributed by atoms with E-state index in [1.807, 2.05) is 54.6 Å². The number of hydrogen-bond donors (Lipinski definition) is 1. The van der Waals surface area contributed by atoms with Crippen molar-refractivity contribution < 1.29 is 14.3 Å². The second-order valence-corrected chi connectivity index (χ2v) is 6.88. The van der Waals surface area contributed by atoms with Crippen molar-refractivity contribution >= 4 is 33.4 Å². The lowest BCUT2D eigenvalue weighted by molar-refractivity contribution is -0.124. The van der Waals surface area contributed by atoms with Gasteiger partial charge in [0.25, 0.3) is 11.7 Å². The number of likely N-dealkylation sites (N-methyl/N-ethyl adjacent to an activating group) is 1. The highest BCUT2D eigenvalue weighted by Gasteiger charge is 2.26. The number of carbonyl (C=O) groups is 2. The van der Waals surface area contributed by atoms with Gasteiger partial charge in [0, 0.05) is 25.0 Å². The van der Waals surface area contributed by atoms with Crippen LogP contribution in [0.3, 0.4) is 0 Å². The van der Waals surface area contributed by atoms with E-state index in [9.17, 15) is 9.59 Å². The molecule has 1 aromatic heterocycles. The number of methoxy groups -OCH3 is 1. The Balaban J connectivity index is 1.99. The molecule has 0 atom stereocenters. The molecule has 0 unspecified atom stereocenters. The number of aromatic amines is 1. The van der Waals surface area contributed by atoms with Crippen LogP contribution in [0.2, 0.25) is 0 Å². The van der Waals surface area contributed by atoms with Crippen LogP contribution in [-0.2, 0) is 4.79 Å². The average molecular weight is 372 g/mol. The Morgan fingerprint density at radius 1 is 0.929 bits per heavy atom. The molecule has 1 amide bonds. The summed E-state index contributed by atoms with van der Waals surface area (Å²) in [5, 5.41) is 2.84. The van der Waals surface area contributed by atoms with Crippen molar-refractivity contribution in [1.29, 1.82) is 0 Å². The van der Waals surface area contributed by atoms with E-state index in [2.05, 4.69) is 4.98 Å². The molecule has 0 saturated heterocycles. The van der Waals surface area contributed by atoms with Crippen LogP contribution in [0.25, 0.3) is 32.9 Å². The van der Waals surface area contributed by atoms with E-state index in [4.69, 9.17) is 4.74 Å². The molecule has 0 aliphatic rings. The Labute approximate surface area is 162 Å². The fourth-order valence-corrected chi connectivity index (χ4v) is 3.41. The first-order valence-corrected chi connectivity index (χ1v) is 8.94. The molecule has 0 bridgehead atoms. The van der Waals surface area contributed by atoms with E-state index in [1.54, 1.807) is 27.3 Å². The number of hydrogen-bond acceptors (Lipinski definition) is 3. The first-order valence-electron chi connectivity index (χ1n) is 8.94. The molecule has 1 heterocycles. The molecular formula is C23H20N2O3. The molecule has 4 aromatic rings. The topological polar surface area (TPSA) is 62.4 Å². The van der Waals surface area contributed by atoms with E-state index in [-0.39, 0.29) is 0 Å². The molecule has 140 valence electrons. The van der Waals surface area contributed by atoms with Crippen LogP contribution in [0.1, 0.15) is 10.4 Å². The predicted molar refractivity (Wildman–Crippen MR) is 111 cm³/mol. The van der Waals surface area contributed by atoms with Crippen molar-refractivity contribution in [2.75, 3.05) is 21.2 Å². The zero-order valence-corrected chi connectivity index (χ0v) is 15.9. The maximum absolute atomic E-state index is 13.1. The molecule has 0 saturated carbocycles. The van der Waals surface area contributed by atoms with E-state index in [0.717, 1.165) is 21.9 Å². The smallest absolute Gasteiger partial charge is 0.294 e. The van der Waals surface area contributed by atoms with Crippen LogP contribution >= 0.6 is 0 Å². The third-order valence-electron chi connectivity index (χ3n) is 4.87. The largest absolute Gasteiger partial charge is 0.497 e. The third kappa shape index (κ3) is 2.91. The number of ether oxygens (including phenoxy) is 1. The highest BCUT2D eigenvalue weighted by atomic mass is 16.5. The van der Waals surface area contributed by atoms with Gasteiger partial charge in [0.1, 0.15) is 5.75 Å². The van der Waals surface area contributed by atoms with Gasteiger partial charge in [-0.3, -0.25) is 9.59 Å². The Bertz CT molecular complexity index is 1220. The van der Waals surface area contributed by atoms with Gasteiger partial charge in [-0.2, -0.15) is 0 Å². The second kappa shape index (κ2) is 6.85. The molecule has 5 nitrogen and oxygen atoms in total. The van der Waals surface area contributed by atoms with Crippen LogP contribution in [-0.4, -0.2) is 42.8 Å². The Hall–Kier alpha value is -3.60. The first kappa shape index (κ1) is 17.8. The van der Waals surface area contributed by atoms with Crippen molar-refractivity contribution in [1.82, 2.24) is 9.88 Å². The number of carbonyl (C=O) groups excluding carboxylic acids is 2. The lowest BCUT2D eigenvalue weighted by atomic mass is 9.99. The lowest BCUT2D eigenvalue weighted by Crippen LogP contribution is -2.30. The van der Waals surface area contributed by atoms with Crippen molar-refractivity contribution in [2.45, 2.75) is 0 Å². The van der Waals surface area contributed by atoms with Gasteiger partial charge in [0.2, 0.25) is 0 Å². The summed E-state index contributed by atoms with van der Waals surface area (Å²) in [4.78, 5) is 30.2. The summed E-state index contributed by atoms with van der Waals surface area (Å²) in [6.07, 6.45) is 0. The summed E-state index contributed by atoms with van der Waals surface area (Å²) in [6, 6.07) is 19.5. The Kier molecular flexibility index (Phi) is 4.35. The predicted octanol–water partition coefficient (Wildman–Crippen LogP) is 4.27. The molecule has 0 aliphatic heterocycles. The zero-order chi connectivity index (χ0) is 19.8. The number of fused-ring (bicyclic) bond motifs is 2. The summed E-state index contributed by atoms with van der Waals surface area (Å²) in [6.45, 7) is 0. The normalized spacial score (nSPS) is 11.0. The maximum Gasteiger partial charge on any atom is 0.294 e. The highest BCUT2D eigenvalue weighted by Crippen LogP contribution is 2.34. The monoisotopic (exact) mass is 372 g/mol. The molecule has 0 fully saturated rings.